The van der Waals surface area contributed by atoms with Crippen molar-refractivity contribution in [1.29, 1.82) is 5.26 Å². The third-order valence-corrected chi connectivity index (χ3v) is 4.56. The summed E-state index contributed by atoms with van der Waals surface area (Å²) in [5.74, 6) is 0.235. The van der Waals surface area contributed by atoms with Gasteiger partial charge in [0, 0.05) is 0 Å². The molecule has 18 heavy (non-hydrogen) atoms. The average molecular weight is 274 g/mol. The SMILES string of the molecule is CC(C)c1nc2sc(-c3cccs3)nn2c1C#N. The maximum atomic E-state index is 9.25. The fourth-order valence-electron chi connectivity index (χ4n) is 1.77. The molecule has 0 bridgehead atoms. The lowest BCUT2D eigenvalue weighted by Crippen LogP contribution is -1.95. The van der Waals surface area contributed by atoms with Gasteiger partial charge in [0.2, 0.25) is 4.96 Å². The van der Waals surface area contributed by atoms with Gasteiger partial charge in [0.1, 0.15) is 6.07 Å². The number of aromatic nitrogens is 3. The summed E-state index contributed by atoms with van der Waals surface area (Å²) in [6.45, 7) is 4.07. The van der Waals surface area contributed by atoms with Crippen LogP contribution in [-0.4, -0.2) is 14.6 Å². The number of rotatable bonds is 2. The third kappa shape index (κ3) is 1.64. The van der Waals surface area contributed by atoms with Gasteiger partial charge in [-0.3, -0.25) is 0 Å². The molecule has 3 rings (SSSR count). The van der Waals surface area contributed by atoms with Crippen molar-refractivity contribution in [2.75, 3.05) is 0 Å². The topological polar surface area (TPSA) is 54.0 Å². The Balaban J connectivity index is 2.21. The summed E-state index contributed by atoms with van der Waals surface area (Å²) in [5.41, 5.74) is 1.38. The van der Waals surface area contributed by atoms with E-state index in [9.17, 15) is 5.26 Å². The summed E-state index contributed by atoms with van der Waals surface area (Å²) in [4.78, 5) is 6.42. The minimum absolute atomic E-state index is 0.235. The fourth-order valence-corrected chi connectivity index (χ4v) is 3.47. The zero-order valence-corrected chi connectivity index (χ0v) is 11.5. The van der Waals surface area contributed by atoms with Crippen LogP contribution in [0, 0.1) is 11.3 Å². The molecule has 90 valence electrons. The normalized spacial score (nSPS) is 11.2. The molecular formula is C12H10N4S2. The molecule has 0 aromatic carbocycles. The summed E-state index contributed by atoms with van der Waals surface area (Å²) in [6.07, 6.45) is 0. The zero-order valence-electron chi connectivity index (χ0n) is 9.91. The molecule has 0 amide bonds. The number of fused-ring (bicyclic) bond motifs is 1. The Labute approximate surface area is 112 Å². The van der Waals surface area contributed by atoms with Crippen molar-refractivity contribution in [3.8, 4) is 16.0 Å². The van der Waals surface area contributed by atoms with Gasteiger partial charge in [-0.2, -0.15) is 14.9 Å². The maximum Gasteiger partial charge on any atom is 0.214 e. The van der Waals surface area contributed by atoms with E-state index >= 15 is 0 Å². The molecule has 0 saturated heterocycles. The molecule has 3 heterocycles. The lowest BCUT2D eigenvalue weighted by molar-refractivity contribution is 0.822. The van der Waals surface area contributed by atoms with Crippen molar-refractivity contribution in [2.24, 2.45) is 0 Å². The van der Waals surface area contributed by atoms with Crippen LogP contribution in [0.3, 0.4) is 0 Å². The molecule has 0 spiro atoms. The molecule has 0 aliphatic carbocycles. The van der Waals surface area contributed by atoms with Crippen molar-refractivity contribution in [3.05, 3.63) is 28.9 Å². The highest BCUT2D eigenvalue weighted by molar-refractivity contribution is 7.23. The van der Waals surface area contributed by atoms with Crippen LogP contribution in [0.4, 0.5) is 0 Å². The number of hydrogen-bond acceptors (Lipinski definition) is 5. The van der Waals surface area contributed by atoms with Crippen molar-refractivity contribution < 1.29 is 0 Å². The van der Waals surface area contributed by atoms with Gasteiger partial charge in [-0.25, -0.2) is 4.98 Å². The Morgan fingerprint density at radius 1 is 1.44 bits per heavy atom. The first-order chi connectivity index (χ1) is 8.70. The van der Waals surface area contributed by atoms with E-state index in [1.807, 2.05) is 31.4 Å². The van der Waals surface area contributed by atoms with E-state index < -0.39 is 0 Å². The molecule has 0 aliphatic heterocycles. The lowest BCUT2D eigenvalue weighted by atomic mass is 10.1. The van der Waals surface area contributed by atoms with Gasteiger partial charge in [0.25, 0.3) is 0 Å². The fraction of sp³-hybridized carbons (Fsp3) is 0.250. The highest BCUT2D eigenvalue weighted by atomic mass is 32.1. The van der Waals surface area contributed by atoms with Crippen LogP contribution in [0.5, 0.6) is 0 Å². The molecule has 0 N–H and O–H groups in total. The highest BCUT2D eigenvalue weighted by Gasteiger charge is 2.19. The van der Waals surface area contributed by atoms with Gasteiger partial charge < -0.3 is 0 Å². The first-order valence-electron chi connectivity index (χ1n) is 5.54. The van der Waals surface area contributed by atoms with E-state index in [1.54, 1.807) is 15.9 Å². The second-order valence-electron chi connectivity index (χ2n) is 4.19. The van der Waals surface area contributed by atoms with Crippen molar-refractivity contribution >= 4 is 27.6 Å². The predicted octanol–water partition coefficient (Wildman–Crippen LogP) is 3.51. The lowest BCUT2D eigenvalue weighted by Gasteiger charge is -1.98. The molecule has 0 aliphatic rings. The minimum Gasteiger partial charge on any atom is -0.221 e. The molecule has 4 nitrogen and oxygen atoms in total. The second kappa shape index (κ2) is 4.19. The first kappa shape index (κ1) is 11.4. The van der Waals surface area contributed by atoms with Gasteiger partial charge in [-0.05, 0) is 17.4 Å². The molecule has 0 atom stereocenters. The van der Waals surface area contributed by atoms with Crippen LogP contribution in [0.15, 0.2) is 17.5 Å². The van der Waals surface area contributed by atoms with Crippen molar-refractivity contribution in [3.63, 3.8) is 0 Å². The van der Waals surface area contributed by atoms with Crippen LogP contribution >= 0.6 is 22.7 Å². The van der Waals surface area contributed by atoms with E-state index in [1.165, 1.54) is 11.3 Å². The molecule has 3 aromatic heterocycles. The Bertz CT molecular complexity index is 728. The minimum atomic E-state index is 0.235. The zero-order chi connectivity index (χ0) is 12.7. The number of nitriles is 1. The highest BCUT2D eigenvalue weighted by Crippen LogP contribution is 2.31. The summed E-state index contributed by atoms with van der Waals surface area (Å²) in [7, 11) is 0. The molecular weight excluding hydrogens is 264 g/mol. The van der Waals surface area contributed by atoms with Gasteiger partial charge in [0.05, 0.1) is 10.6 Å². The smallest absolute Gasteiger partial charge is 0.214 e. The Hall–Kier alpha value is -1.71. The first-order valence-corrected chi connectivity index (χ1v) is 7.23. The van der Waals surface area contributed by atoms with Gasteiger partial charge in [0.15, 0.2) is 10.7 Å². The molecule has 0 unspecified atom stereocenters. The number of imidazole rings is 1. The van der Waals surface area contributed by atoms with E-state index in [2.05, 4.69) is 16.2 Å². The van der Waals surface area contributed by atoms with Crippen LogP contribution < -0.4 is 0 Å². The van der Waals surface area contributed by atoms with Gasteiger partial charge in [-0.1, -0.05) is 31.3 Å². The largest absolute Gasteiger partial charge is 0.221 e. The monoisotopic (exact) mass is 274 g/mol. The Morgan fingerprint density at radius 2 is 2.28 bits per heavy atom. The number of nitrogens with zero attached hydrogens (tertiary/aromatic N) is 4. The van der Waals surface area contributed by atoms with E-state index in [0.29, 0.717) is 5.69 Å². The summed E-state index contributed by atoms with van der Waals surface area (Å²) in [6, 6.07) is 6.23. The van der Waals surface area contributed by atoms with Crippen molar-refractivity contribution in [2.45, 2.75) is 19.8 Å². The third-order valence-electron chi connectivity index (χ3n) is 2.62. The van der Waals surface area contributed by atoms with Crippen LogP contribution in [0.25, 0.3) is 14.8 Å². The van der Waals surface area contributed by atoms with Gasteiger partial charge >= 0.3 is 0 Å². The standard InChI is InChI=1S/C12H10N4S2/c1-7(2)10-8(6-13)16-12(14-10)18-11(15-16)9-4-3-5-17-9/h3-5,7H,1-2H3. The summed E-state index contributed by atoms with van der Waals surface area (Å²) in [5, 5.41) is 16.7. The molecule has 0 fully saturated rings. The molecule has 3 aromatic rings. The van der Waals surface area contributed by atoms with Crippen molar-refractivity contribution in [1.82, 2.24) is 14.6 Å². The van der Waals surface area contributed by atoms with Crippen LogP contribution in [0.2, 0.25) is 0 Å². The number of hydrogen-bond donors (Lipinski definition) is 0. The average Bonchev–Trinajstić information content (AvgIpc) is 3.02. The molecule has 0 radical (unpaired) electrons. The Kier molecular flexibility index (Phi) is 2.65. The maximum absolute atomic E-state index is 9.25. The van der Waals surface area contributed by atoms with E-state index in [4.69, 9.17) is 0 Å². The molecule has 6 heteroatoms. The Morgan fingerprint density at radius 3 is 2.89 bits per heavy atom. The second-order valence-corrected chi connectivity index (χ2v) is 6.09. The summed E-state index contributed by atoms with van der Waals surface area (Å²) >= 11 is 3.17. The number of thiophene rings is 1. The van der Waals surface area contributed by atoms with Gasteiger partial charge in [-0.15, -0.1) is 11.3 Å². The van der Waals surface area contributed by atoms with E-state index in [-0.39, 0.29) is 5.92 Å². The molecule has 0 saturated carbocycles. The predicted molar refractivity (Wildman–Crippen MR) is 73.0 cm³/mol. The van der Waals surface area contributed by atoms with E-state index in [0.717, 1.165) is 20.5 Å². The van der Waals surface area contributed by atoms with Crippen LogP contribution in [-0.2, 0) is 0 Å². The summed E-state index contributed by atoms with van der Waals surface area (Å²) < 4.78 is 1.66. The van der Waals surface area contributed by atoms with Crippen LogP contribution in [0.1, 0.15) is 31.2 Å². The quantitative estimate of drug-likeness (QED) is 0.718.